The van der Waals surface area contributed by atoms with E-state index in [4.69, 9.17) is 25.6 Å². The van der Waals surface area contributed by atoms with E-state index in [-0.39, 0.29) is 23.8 Å². The lowest BCUT2D eigenvalue weighted by Gasteiger charge is -2.31. The quantitative estimate of drug-likeness (QED) is 0.144. The summed E-state index contributed by atoms with van der Waals surface area (Å²) in [5, 5.41) is 12.6. The lowest BCUT2D eigenvalue weighted by Crippen LogP contribution is -2.47. The Hall–Kier alpha value is -3.34. The second-order valence-electron chi connectivity index (χ2n) is 12.0. The molecule has 3 aliphatic heterocycles. The number of benzene rings is 3. The van der Waals surface area contributed by atoms with E-state index in [1.165, 1.54) is 7.11 Å². The highest BCUT2D eigenvalue weighted by Gasteiger charge is 2.41. The van der Waals surface area contributed by atoms with Gasteiger partial charge in [-0.05, 0) is 49.1 Å². The molecule has 46 heavy (non-hydrogen) atoms. The second kappa shape index (κ2) is 13.8. The highest BCUT2D eigenvalue weighted by molar-refractivity contribution is 7.39. The molecule has 0 aromatic heterocycles. The van der Waals surface area contributed by atoms with Crippen LogP contribution in [0.2, 0.25) is 0 Å². The zero-order chi connectivity index (χ0) is 32.5. The Morgan fingerprint density at radius 1 is 1.04 bits per heavy atom. The number of nitrogens with zero attached hydrogens (tertiary/aromatic N) is 3. The molecule has 0 saturated carbocycles. The van der Waals surface area contributed by atoms with Crippen molar-refractivity contribution in [3.05, 3.63) is 53.6 Å². The van der Waals surface area contributed by atoms with Gasteiger partial charge < -0.3 is 43.6 Å². The molecule has 13 heteroatoms. The van der Waals surface area contributed by atoms with Crippen molar-refractivity contribution in [2.24, 2.45) is 0 Å². The maximum Gasteiger partial charge on any atom is 0.391 e. The summed E-state index contributed by atoms with van der Waals surface area (Å²) in [6.45, 7) is 1.45. The van der Waals surface area contributed by atoms with Gasteiger partial charge in [0.1, 0.15) is 12.0 Å². The van der Waals surface area contributed by atoms with Crippen molar-refractivity contribution in [3.8, 4) is 17.2 Å². The number of hydrogen-bond acceptors (Lipinski definition) is 9. The molecule has 2 amide bonds. The Morgan fingerprint density at radius 3 is 2.54 bits per heavy atom. The molecular weight excluding hydrogens is 633 g/mol. The molecule has 3 aromatic carbocycles. The number of amides is 2. The highest BCUT2D eigenvalue weighted by Crippen LogP contribution is 2.48. The molecular formula is C33H39ClN3O8P. The van der Waals surface area contributed by atoms with Crippen LogP contribution in [0.1, 0.15) is 60.4 Å². The van der Waals surface area contributed by atoms with Crippen LogP contribution in [-0.2, 0) is 4.79 Å². The summed E-state index contributed by atoms with van der Waals surface area (Å²) in [4.78, 5) is 51.1. The molecule has 3 N–H and O–H groups in total. The standard InChI is InChI=1S/C33H39ClN3O8P/c1-35-25-16-29(28(43-2)15-23(25)32(39)36-13-8-11-24(36)33(35)40)44-14-7-3-4-12-30(38)37-19-20(18-34)31-22-10-6-5-9-21(22)27(17-26(31)37)45-46(41)42/h5-6,9-10,15-17,20,24,33,40-42H,3-4,7-8,11-14,18-19H2,1-2H3/t20-,24+,33?/m1/s1. The number of ether oxygens (including phenoxy) is 2. The number of likely N-dealkylation sites (N-methyl/N-ethyl adjacent to an activating group) is 1. The van der Waals surface area contributed by atoms with E-state index < -0.39 is 14.8 Å². The van der Waals surface area contributed by atoms with Gasteiger partial charge in [-0.2, -0.15) is 0 Å². The Morgan fingerprint density at radius 2 is 1.80 bits per heavy atom. The predicted molar refractivity (Wildman–Crippen MR) is 177 cm³/mol. The van der Waals surface area contributed by atoms with E-state index in [0.717, 1.165) is 35.6 Å². The first-order valence-electron chi connectivity index (χ1n) is 15.6. The lowest BCUT2D eigenvalue weighted by molar-refractivity contribution is -0.118. The number of rotatable bonds is 11. The molecule has 0 bridgehead atoms. The number of alkyl halides is 1. The van der Waals surface area contributed by atoms with Gasteiger partial charge in [-0.15, -0.1) is 11.6 Å². The first-order chi connectivity index (χ1) is 22.2. The SMILES string of the molecule is COc1cc2c(cc1OCCCCCC(=O)N1C[C@@H](CCl)c3c1cc(OP(O)O)c1ccccc31)N(C)C(O)[C@@H]1CCCN1C2=O. The first-order valence-corrected chi connectivity index (χ1v) is 17.3. The summed E-state index contributed by atoms with van der Waals surface area (Å²) in [6, 6.07) is 12.5. The number of aliphatic hydroxyl groups excluding tert-OH is 1. The van der Waals surface area contributed by atoms with E-state index in [1.54, 1.807) is 39.9 Å². The fourth-order valence-corrected chi connectivity index (χ4v) is 7.58. The maximum absolute atomic E-state index is 13.4. The molecule has 1 fully saturated rings. The van der Waals surface area contributed by atoms with Crippen molar-refractivity contribution in [1.82, 2.24) is 4.90 Å². The summed E-state index contributed by atoms with van der Waals surface area (Å²) < 4.78 is 17.0. The third kappa shape index (κ3) is 6.07. The lowest BCUT2D eigenvalue weighted by atomic mass is 9.95. The van der Waals surface area contributed by atoms with Crippen LogP contribution in [0.15, 0.2) is 42.5 Å². The average molecular weight is 672 g/mol. The first kappa shape index (κ1) is 32.6. The normalized spacial score (nSPS) is 20.5. The summed E-state index contributed by atoms with van der Waals surface area (Å²) >= 11 is 6.35. The van der Waals surface area contributed by atoms with E-state index in [2.05, 4.69) is 0 Å². The van der Waals surface area contributed by atoms with Crippen LogP contribution in [0, 0.1) is 0 Å². The molecule has 3 aromatic rings. The van der Waals surface area contributed by atoms with Crippen LogP contribution in [-0.4, -0.2) is 83.6 Å². The van der Waals surface area contributed by atoms with Gasteiger partial charge in [-0.25, -0.2) is 0 Å². The Bertz CT molecular complexity index is 1620. The number of carbonyl (C=O) groups is 2. The van der Waals surface area contributed by atoms with Gasteiger partial charge in [0.05, 0.1) is 36.7 Å². The van der Waals surface area contributed by atoms with Gasteiger partial charge in [-0.1, -0.05) is 24.3 Å². The molecule has 1 saturated heterocycles. The Balaban J connectivity index is 1.08. The smallest absolute Gasteiger partial charge is 0.391 e. The fourth-order valence-electron chi connectivity index (χ4n) is 7.01. The topological polar surface area (TPSA) is 132 Å². The number of methoxy groups -OCH3 is 1. The van der Waals surface area contributed by atoms with Crippen LogP contribution >= 0.6 is 20.2 Å². The van der Waals surface area contributed by atoms with Crippen molar-refractivity contribution in [1.29, 1.82) is 0 Å². The fraction of sp³-hybridized carbons (Fsp3) is 0.455. The zero-order valence-electron chi connectivity index (χ0n) is 25.9. The van der Waals surface area contributed by atoms with Crippen molar-refractivity contribution >= 4 is 54.2 Å². The largest absolute Gasteiger partial charge is 0.493 e. The molecule has 3 heterocycles. The van der Waals surface area contributed by atoms with E-state index in [1.807, 2.05) is 24.3 Å². The number of carbonyl (C=O) groups excluding carboxylic acids is 2. The molecule has 11 nitrogen and oxygen atoms in total. The number of unbranched alkanes of at least 4 members (excludes halogenated alkanes) is 2. The van der Waals surface area contributed by atoms with Crippen LogP contribution in [0.4, 0.5) is 11.4 Å². The summed E-state index contributed by atoms with van der Waals surface area (Å²) in [5.74, 6) is 1.40. The van der Waals surface area contributed by atoms with Crippen LogP contribution in [0.3, 0.4) is 0 Å². The average Bonchev–Trinajstić information content (AvgIpc) is 3.69. The molecule has 0 aliphatic carbocycles. The Kier molecular flexibility index (Phi) is 9.77. The third-order valence-electron chi connectivity index (χ3n) is 9.28. The third-order valence-corrected chi connectivity index (χ3v) is 10.0. The molecule has 246 valence electrons. The second-order valence-corrected chi connectivity index (χ2v) is 13.0. The molecule has 3 atom stereocenters. The molecule has 0 radical (unpaired) electrons. The van der Waals surface area contributed by atoms with E-state index in [9.17, 15) is 24.5 Å². The summed E-state index contributed by atoms with van der Waals surface area (Å²) in [7, 11) is 0.693. The minimum atomic E-state index is -2.63. The van der Waals surface area contributed by atoms with Gasteiger partial charge in [0.15, 0.2) is 11.5 Å². The predicted octanol–water partition coefficient (Wildman–Crippen LogP) is 5.12. The number of halogens is 1. The van der Waals surface area contributed by atoms with Crippen LogP contribution in [0.25, 0.3) is 10.8 Å². The van der Waals surface area contributed by atoms with Gasteiger partial charge >= 0.3 is 8.60 Å². The van der Waals surface area contributed by atoms with Gasteiger partial charge in [-0.3, -0.25) is 9.59 Å². The van der Waals surface area contributed by atoms with Crippen LogP contribution in [0.5, 0.6) is 17.2 Å². The number of fused-ring (bicyclic) bond motifs is 5. The summed E-state index contributed by atoms with van der Waals surface area (Å²) in [6.07, 6.45) is 3.23. The van der Waals surface area contributed by atoms with E-state index >= 15 is 0 Å². The van der Waals surface area contributed by atoms with E-state index in [0.29, 0.717) is 79.0 Å². The molecule has 0 spiro atoms. The minimum Gasteiger partial charge on any atom is -0.493 e. The van der Waals surface area contributed by atoms with Crippen LogP contribution < -0.4 is 23.8 Å². The van der Waals surface area contributed by atoms with Crippen molar-refractivity contribution in [2.45, 2.75) is 56.7 Å². The zero-order valence-corrected chi connectivity index (χ0v) is 27.5. The van der Waals surface area contributed by atoms with Gasteiger partial charge in [0, 0.05) is 55.9 Å². The molecule has 1 unspecified atom stereocenters. The number of hydrogen-bond donors (Lipinski definition) is 3. The van der Waals surface area contributed by atoms with Gasteiger partial charge in [0.25, 0.3) is 5.91 Å². The van der Waals surface area contributed by atoms with Crippen molar-refractivity contribution < 1.29 is 38.5 Å². The molecule has 3 aliphatic rings. The van der Waals surface area contributed by atoms with Gasteiger partial charge in [0.2, 0.25) is 5.91 Å². The Labute approximate surface area is 274 Å². The monoisotopic (exact) mass is 671 g/mol. The maximum atomic E-state index is 13.4. The summed E-state index contributed by atoms with van der Waals surface area (Å²) in [5.41, 5.74) is 2.74. The minimum absolute atomic E-state index is 0.0366. The van der Waals surface area contributed by atoms with Crippen molar-refractivity contribution in [3.63, 3.8) is 0 Å². The molecule has 6 rings (SSSR count). The number of aliphatic hydroxyl groups is 1. The number of anilines is 2. The van der Waals surface area contributed by atoms with Crippen molar-refractivity contribution in [2.75, 3.05) is 49.5 Å². The highest BCUT2D eigenvalue weighted by atomic mass is 35.5.